The number of anilines is 1. The zero-order valence-corrected chi connectivity index (χ0v) is 10.00. The van der Waals surface area contributed by atoms with E-state index in [4.69, 9.17) is 5.11 Å². The van der Waals surface area contributed by atoms with Crippen molar-refractivity contribution in [2.75, 3.05) is 5.32 Å². The lowest BCUT2D eigenvalue weighted by Crippen LogP contribution is -2.43. The monoisotopic (exact) mass is 287 g/mol. The molecule has 3 nitrogen and oxygen atoms in total. The molecule has 5 heteroatoms. The Hall–Kier alpha value is -1.10. The van der Waals surface area contributed by atoms with Crippen molar-refractivity contribution in [3.63, 3.8) is 0 Å². The second kappa shape index (κ2) is 4.41. The first kappa shape index (κ1) is 11.4. The zero-order chi connectivity index (χ0) is 11.7. The maximum absolute atomic E-state index is 13.5. The summed E-state index contributed by atoms with van der Waals surface area (Å²) < 4.78 is 14.1. The van der Waals surface area contributed by atoms with Gasteiger partial charge in [0.2, 0.25) is 0 Å². The molecule has 1 aliphatic carbocycles. The number of benzene rings is 1. The van der Waals surface area contributed by atoms with Crippen molar-refractivity contribution in [1.29, 1.82) is 0 Å². The minimum Gasteiger partial charge on any atom is -0.481 e. The fraction of sp³-hybridized carbons (Fsp3) is 0.364. The molecule has 0 heterocycles. The summed E-state index contributed by atoms with van der Waals surface area (Å²) >= 11 is 3.17. The number of hydrogen-bond acceptors (Lipinski definition) is 2. The lowest BCUT2D eigenvalue weighted by atomic mass is 9.79. The van der Waals surface area contributed by atoms with Crippen molar-refractivity contribution in [2.45, 2.75) is 18.9 Å². The molecule has 1 aliphatic rings. The van der Waals surface area contributed by atoms with E-state index in [0.29, 0.717) is 16.6 Å². The van der Waals surface area contributed by atoms with Crippen LogP contribution in [0.15, 0.2) is 22.7 Å². The molecule has 1 aromatic carbocycles. The van der Waals surface area contributed by atoms with Crippen LogP contribution in [0, 0.1) is 11.7 Å². The number of aliphatic carboxylic acids is 1. The summed E-state index contributed by atoms with van der Waals surface area (Å²) in [5.41, 5.74) is 0.360. The number of hydrogen-bond donors (Lipinski definition) is 2. The molecule has 16 heavy (non-hydrogen) atoms. The van der Waals surface area contributed by atoms with Gasteiger partial charge < -0.3 is 10.4 Å². The Morgan fingerprint density at radius 1 is 1.50 bits per heavy atom. The van der Waals surface area contributed by atoms with Crippen LogP contribution in [-0.4, -0.2) is 17.1 Å². The third kappa shape index (κ3) is 2.19. The molecule has 2 rings (SSSR count). The summed E-state index contributed by atoms with van der Waals surface area (Å²) in [5, 5.41) is 11.8. The average Bonchev–Trinajstić information content (AvgIpc) is 2.13. The highest BCUT2D eigenvalue weighted by atomic mass is 79.9. The van der Waals surface area contributed by atoms with Crippen molar-refractivity contribution in [3.8, 4) is 0 Å². The number of carbonyl (C=O) groups is 1. The normalized spacial score (nSPS) is 23.6. The largest absolute Gasteiger partial charge is 0.481 e. The summed E-state index contributed by atoms with van der Waals surface area (Å²) in [4.78, 5) is 10.8. The van der Waals surface area contributed by atoms with Crippen LogP contribution < -0.4 is 5.32 Å². The first-order valence-electron chi connectivity index (χ1n) is 5.02. The van der Waals surface area contributed by atoms with Crippen LogP contribution in [0.3, 0.4) is 0 Å². The van der Waals surface area contributed by atoms with Gasteiger partial charge in [0.1, 0.15) is 5.82 Å². The maximum atomic E-state index is 13.5. The van der Waals surface area contributed by atoms with Crippen LogP contribution in [0.1, 0.15) is 12.8 Å². The number of carboxylic acid groups (broad SMARTS) is 1. The third-order valence-corrected chi connectivity index (χ3v) is 3.36. The van der Waals surface area contributed by atoms with E-state index in [9.17, 15) is 9.18 Å². The maximum Gasteiger partial charge on any atom is 0.308 e. The summed E-state index contributed by atoms with van der Waals surface area (Å²) in [5.74, 6) is -1.59. The van der Waals surface area contributed by atoms with Crippen molar-refractivity contribution in [3.05, 3.63) is 28.5 Å². The van der Waals surface area contributed by atoms with Gasteiger partial charge in [-0.25, -0.2) is 4.39 Å². The zero-order valence-electron chi connectivity index (χ0n) is 8.41. The summed E-state index contributed by atoms with van der Waals surface area (Å²) in [6.45, 7) is 0. The van der Waals surface area contributed by atoms with E-state index in [0.717, 1.165) is 6.42 Å². The van der Waals surface area contributed by atoms with E-state index in [1.54, 1.807) is 12.1 Å². The molecule has 0 spiro atoms. The molecule has 86 valence electrons. The Labute approximate surface area is 101 Å². The lowest BCUT2D eigenvalue weighted by molar-refractivity contribution is -0.144. The van der Waals surface area contributed by atoms with E-state index in [1.807, 2.05) is 0 Å². The van der Waals surface area contributed by atoms with E-state index < -0.39 is 11.9 Å². The van der Waals surface area contributed by atoms with Crippen molar-refractivity contribution < 1.29 is 14.3 Å². The van der Waals surface area contributed by atoms with Crippen molar-refractivity contribution in [1.82, 2.24) is 0 Å². The van der Waals surface area contributed by atoms with E-state index >= 15 is 0 Å². The highest BCUT2D eigenvalue weighted by Gasteiger charge is 2.36. The van der Waals surface area contributed by atoms with Gasteiger partial charge in [-0.3, -0.25) is 4.79 Å². The van der Waals surface area contributed by atoms with Crippen LogP contribution in [0.25, 0.3) is 0 Å². The first-order chi connectivity index (χ1) is 7.58. The molecule has 0 aliphatic heterocycles. The van der Waals surface area contributed by atoms with E-state index in [1.165, 1.54) is 6.07 Å². The van der Waals surface area contributed by atoms with Crippen molar-refractivity contribution >= 4 is 27.6 Å². The van der Waals surface area contributed by atoms with Crippen LogP contribution in [0.5, 0.6) is 0 Å². The molecule has 1 aromatic rings. The number of rotatable bonds is 3. The molecule has 2 unspecified atom stereocenters. The van der Waals surface area contributed by atoms with E-state index in [2.05, 4.69) is 21.2 Å². The summed E-state index contributed by atoms with van der Waals surface area (Å²) in [6, 6.07) is 4.53. The third-order valence-electron chi connectivity index (χ3n) is 2.86. The molecular formula is C11H11BrFNO2. The fourth-order valence-electron chi connectivity index (χ4n) is 1.77. The van der Waals surface area contributed by atoms with Gasteiger partial charge in [-0.05, 0) is 31.0 Å². The first-order valence-corrected chi connectivity index (χ1v) is 5.81. The van der Waals surface area contributed by atoms with Gasteiger partial charge >= 0.3 is 5.97 Å². The summed E-state index contributed by atoms with van der Waals surface area (Å²) in [6.07, 6.45) is 1.43. The molecule has 0 saturated heterocycles. The standard InChI is InChI=1S/C11H11BrFNO2/c12-6-1-3-10(8(13)5-6)14-9-4-2-7(9)11(15)16/h1,3,5,7,9,14H,2,4H2,(H,15,16). The molecular weight excluding hydrogens is 277 g/mol. The van der Waals surface area contributed by atoms with Gasteiger partial charge in [0, 0.05) is 10.5 Å². The molecule has 1 fully saturated rings. The van der Waals surface area contributed by atoms with Crippen LogP contribution >= 0.6 is 15.9 Å². The van der Waals surface area contributed by atoms with Crippen LogP contribution in [-0.2, 0) is 4.79 Å². The molecule has 1 saturated carbocycles. The minimum atomic E-state index is -0.818. The lowest BCUT2D eigenvalue weighted by Gasteiger charge is -2.34. The van der Waals surface area contributed by atoms with Gasteiger partial charge in [0.15, 0.2) is 0 Å². The number of halogens is 2. The minimum absolute atomic E-state index is 0.159. The Balaban J connectivity index is 2.07. The molecule has 0 bridgehead atoms. The van der Waals surface area contributed by atoms with Gasteiger partial charge in [-0.1, -0.05) is 15.9 Å². The van der Waals surface area contributed by atoms with Gasteiger partial charge in [0.25, 0.3) is 0 Å². The van der Waals surface area contributed by atoms with Crippen LogP contribution in [0.4, 0.5) is 10.1 Å². The fourth-order valence-corrected chi connectivity index (χ4v) is 2.11. The van der Waals surface area contributed by atoms with Gasteiger partial charge in [-0.2, -0.15) is 0 Å². The molecule has 0 aromatic heterocycles. The predicted molar refractivity (Wildman–Crippen MR) is 61.9 cm³/mol. The second-order valence-corrected chi connectivity index (χ2v) is 4.81. The predicted octanol–water partition coefficient (Wildman–Crippen LogP) is 2.86. The SMILES string of the molecule is O=C(O)C1CCC1Nc1ccc(Br)cc1F. The van der Waals surface area contributed by atoms with Gasteiger partial charge in [0.05, 0.1) is 11.6 Å². The van der Waals surface area contributed by atoms with E-state index in [-0.39, 0.29) is 11.9 Å². The Bertz CT molecular complexity index is 424. The summed E-state index contributed by atoms with van der Waals surface area (Å²) in [7, 11) is 0. The quantitative estimate of drug-likeness (QED) is 0.899. The van der Waals surface area contributed by atoms with Crippen molar-refractivity contribution in [2.24, 2.45) is 5.92 Å². The Kier molecular flexibility index (Phi) is 3.14. The van der Waals surface area contributed by atoms with Gasteiger partial charge in [-0.15, -0.1) is 0 Å². The van der Waals surface area contributed by atoms with Crippen LogP contribution in [0.2, 0.25) is 0 Å². The number of carboxylic acids is 1. The molecule has 2 atom stereocenters. The average molecular weight is 288 g/mol. The highest BCUT2D eigenvalue weighted by molar-refractivity contribution is 9.10. The molecule has 0 radical (unpaired) electrons. The Morgan fingerprint density at radius 3 is 2.75 bits per heavy atom. The smallest absolute Gasteiger partial charge is 0.308 e. The Morgan fingerprint density at radius 2 is 2.25 bits per heavy atom. The topological polar surface area (TPSA) is 49.3 Å². The second-order valence-electron chi connectivity index (χ2n) is 3.90. The highest BCUT2D eigenvalue weighted by Crippen LogP contribution is 2.31. The molecule has 2 N–H and O–H groups in total. The number of nitrogens with one attached hydrogen (secondary N) is 1. The molecule has 0 amide bonds.